The number of nitrogens with one attached hydrogen (secondary N) is 1. The highest BCUT2D eigenvalue weighted by Gasteiger charge is 2.12. The fraction of sp³-hybridized carbons (Fsp3) is 0.625. The van der Waals surface area contributed by atoms with Gasteiger partial charge in [-0.2, -0.15) is 0 Å². The van der Waals surface area contributed by atoms with Crippen LogP contribution in [0.25, 0.3) is 0 Å². The Bertz CT molecular complexity index is 407. The second-order valence-electron chi connectivity index (χ2n) is 5.22. The molecule has 0 saturated heterocycles. The van der Waals surface area contributed by atoms with Gasteiger partial charge in [-0.1, -0.05) is 51.3 Å². The maximum atomic E-state index is 10.9. The van der Waals surface area contributed by atoms with Crippen molar-refractivity contribution in [1.82, 2.24) is 5.32 Å². The lowest BCUT2D eigenvalue weighted by Gasteiger charge is -2.17. The molecule has 1 atom stereocenters. The minimum atomic E-state index is -0.296. The van der Waals surface area contributed by atoms with Crippen LogP contribution < -0.4 is 5.32 Å². The van der Waals surface area contributed by atoms with Gasteiger partial charge in [0.15, 0.2) is 0 Å². The van der Waals surface area contributed by atoms with Crippen molar-refractivity contribution in [1.29, 1.82) is 0 Å². The van der Waals surface area contributed by atoms with E-state index in [0.717, 1.165) is 12.1 Å². The van der Waals surface area contributed by atoms with Gasteiger partial charge in [-0.05, 0) is 25.8 Å². The summed E-state index contributed by atoms with van der Waals surface area (Å²) < 4.78 is 0. The molecule has 0 bridgehead atoms. The molecule has 4 nitrogen and oxygen atoms in total. The van der Waals surface area contributed by atoms with Crippen LogP contribution in [-0.2, 0) is 6.42 Å². The second-order valence-corrected chi connectivity index (χ2v) is 5.22. The van der Waals surface area contributed by atoms with Crippen molar-refractivity contribution >= 4 is 5.69 Å². The van der Waals surface area contributed by atoms with Crippen LogP contribution in [0.15, 0.2) is 24.3 Å². The Balaban J connectivity index is 2.47. The summed E-state index contributed by atoms with van der Waals surface area (Å²) in [4.78, 5) is 10.7. The SMILES string of the molecule is CCCCC(CCC)NCCc1ccccc1[N+](=O)[O-]. The fourth-order valence-electron chi connectivity index (χ4n) is 2.46. The van der Waals surface area contributed by atoms with Gasteiger partial charge in [0.05, 0.1) is 4.92 Å². The number of nitrogens with zero attached hydrogens (tertiary/aromatic N) is 1. The minimum Gasteiger partial charge on any atom is -0.314 e. The molecule has 0 spiro atoms. The van der Waals surface area contributed by atoms with Gasteiger partial charge in [0, 0.05) is 17.7 Å². The first kappa shape index (κ1) is 16.6. The zero-order valence-corrected chi connectivity index (χ0v) is 12.6. The summed E-state index contributed by atoms with van der Waals surface area (Å²) in [5, 5.41) is 14.5. The van der Waals surface area contributed by atoms with E-state index in [1.165, 1.54) is 32.1 Å². The third-order valence-corrected chi connectivity index (χ3v) is 3.56. The number of hydrogen-bond donors (Lipinski definition) is 1. The summed E-state index contributed by atoms with van der Waals surface area (Å²) >= 11 is 0. The van der Waals surface area contributed by atoms with Gasteiger partial charge in [0.1, 0.15) is 0 Å². The van der Waals surface area contributed by atoms with Crippen LogP contribution in [0.1, 0.15) is 51.5 Å². The maximum Gasteiger partial charge on any atom is 0.272 e. The van der Waals surface area contributed by atoms with Gasteiger partial charge in [-0.25, -0.2) is 0 Å². The van der Waals surface area contributed by atoms with Gasteiger partial charge >= 0.3 is 0 Å². The standard InChI is InChI=1S/C16H26N2O2/c1-3-5-10-15(8-4-2)17-13-12-14-9-6-7-11-16(14)18(19)20/h6-7,9,11,15,17H,3-5,8,10,12-13H2,1-2H3. The monoisotopic (exact) mass is 278 g/mol. The molecule has 0 heterocycles. The summed E-state index contributed by atoms with van der Waals surface area (Å²) in [6.07, 6.45) is 6.71. The van der Waals surface area contributed by atoms with Crippen LogP contribution in [0.5, 0.6) is 0 Å². The van der Waals surface area contributed by atoms with E-state index in [9.17, 15) is 10.1 Å². The largest absolute Gasteiger partial charge is 0.314 e. The smallest absolute Gasteiger partial charge is 0.272 e. The quantitative estimate of drug-likeness (QED) is 0.518. The molecule has 0 aromatic heterocycles. The number of benzene rings is 1. The third-order valence-electron chi connectivity index (χ3n) is 3.56. The lowest BCUT2D eigenvalue weighted by molar-refractivity contribution is -0.385. The summed E-state index contributed by atoms with van der Waals surface area (Å²) in [7, 11) is 0. The van der Waals surface area contributed by atoms with E-state index in [0.29, 0.717) is 12.5 Å². The highest BCUT2D eigenvalue weighted by atomic mass is 16.6. The molecule has 1 N–H and O–H groups in total. The number of para-hydroxylation sites is 1. The number of unbranched alkanes of at least 4 members (excludes halogenated alkanes) is 1. The van der Waals surface area contributed by atoms with Crippen molar-refractivity contribution in [3.05, 3.63) is 39.9 Å². The molecule has 1 aromatic rings. The summed E-state index contributed by atoms with van der Waals surface area (Å²) in [5.74, 6) is 0. The number of hydrogen-bond acceptors (Lipinski definition) is 3. The molecule has 4 heteroatoms. The van der Waals surface area contributed by atoms with Gasteiger partial charge in [0.25, 0.3) is 5.69 Å². The Morgan fingerprint density at radius 1 is 1.20 bits per heavy atom. The van der Waals surface area contributed by atoms with Crippen molar-refractivity contribution in [2.75, 3.05) is 6.54 Å². The van der Waals surface area contributed by atoms with Crippen LogP contribution >= 0.6 is 0 Å². The number of nitro groups is 1. The van der Waals surface area contributed by atoms with E-state index in [2.05, 4.69) is 19.2 Å². The van der Waals surface area contributed by atoms with E-state index >= 15 is 0 Å². The van der Waals surface area contributed by atoms with Crippen LogP contribution in [0.3, 0.4) is 0 Å². The first-order valence-electron chi connectivity index (χ1n) is 7.64. The van der Waals surface area contributed by atoms with Gasteiger partial charge in [-0.15, -0.1) is 0 Å². The van der Waals surface area contributed by atoms with Gasteiger partial charge in [-0.3, -0.25) is 10.1 Å². The van der Waals surface area contributed by atoms with Gasteiger partial charge < -0.3 is 5.32 Å². The molecule has 0 aliphatic rings. The van der Waals surface area contributed by atoms with Crippen LogP contribution in [0.2, 0.25) is 0 Å². The maximum absolute atomic E-state index is 10.9. The van der Waals surface area contributed by atoms with Crippen LogP contribution in [0.4, 0.5) is 5.69 Å². The molecule has 0 fully saturated rings. The van der Waals surface area contributed by atoms with E-state index in [1.807, 2.05) is 12.1 Å². The molecule has 20 heavy (non-hydrogen) atoms. The van der Waals surface area contributed by atoms with Crippen molar-refractivity contribution in [3.8, 4) is 0 Å². The molecule has 1 rings (SSSR count). The first-order valence-corrected chi connectivity index (χ1v) is 7.64. The Morgan fingerprint density at radius 2 is 1.95 bits per heavy atom. The number of nitro benzene ring substituents is 1. The summed E-state index contributed by atoms with van der Waals surface area (Å²) in [6, 6.07) is 7.55. The third kappa shape index (κ3) is 5.70. The molecule has 0 saturated carbocycles. The molecule has 0 aliphatic carbocycles. The topological polar surface area (TPSA) is 55.2 Å². The highest BCUT2D eigenvalue weighted by molar-refractivity contribution is 5.39. The molecule has 112 valence electrons. The Kier molecular flexibility index (Phi) is 7.88. The lowest BCUT2D eigenvalue weighted by atomic mass is 10.0. The average molecular weight is 278 g/mol. The molecular weight excluding hydrogens is 252 g/mol. The number of rotatable bonds is 10. The predicted octanol–water partition coefficient (Wildman–Crippen LogP) is 4.09. The molecule has 0 amide bonds. The Morgan fingerprint density at radius 3 is 2.60 bits per heavy atom. The molecule has 0 aliphatic heterocycles. The van der Waals surface area contributed by atoms with E-state index in [4.69, 9.17) is 0 Å². The zero-order chi connectivity index (χ0) is 14.8. The van der Waals surface area contributed by atoms with Crippen molar-refractivity contribution in [3.63, 3.8) is 0 Å². The Labute approximate surface area is 121 Å². The zero-order valence-electron chi connectivity index (χ0n) is 12.6. The molecular formula is C16H26N2O2. The first-order chi connectivity index (χ1) is 9.69. The molecule has 0 radical (unpaired) electrons. The minimum absolute atomic E-state index is 0.231. The summed E-state index contributed by atoms with van der Waals surface area (Å²) in [6.45, 7) is 5.21. The normalized spacial score (nSPS) is 12.3. The predicted molar refractivity (Wildman–Crippen MR) is 83.0 cm³/mol. The van der Waals surface area contributed by atoms with Crippen LogP contribution in [-0.4, -0.2) is 17.5 Å². The van der Waals surface area contributed by atoms with Crippen molar-refractivity contribution in [2.24, 2.45) is 0 Å². The molecule has 1 unspecified atom stereocenters. The highest BCUT2D eigenvalue weighted by Crippen LogP contribution is 2.18. The Hall–Kier alpha value is -1.42. The second kappa shape index (κ2) is 9.48. The lowest BCUT2D eigenvalue weighted by Crippen LogP contribution is -2.30. The van der Waals surface area contributed by atoms with Crippen molar-refractivity contribution < 1.29 is 4.92 Å². The summed E-state index contributed by atoms with van der Waals surface area (Å²) in [5.41, 5.74) is 1.05. The average Bonchev–Trinajstić information content (AvgIpc) is 2.45. The van der Waals surface area contributed by atoms with E-state index in [-0.39, 0.29) is 10.6 Å². The van der Waals surface area contributed by atoms with Crippen LogP contribution in [0, 0.1) is 10.1 Å². The molecule has 1 aromatic carbocycles. The van der Waals surface area contributed by atoms with E-state index in [1.54, 1.807) is 12.1 Å². The van der Waals surface area contributed by atoms with Gasteiger partial charge in [0.2, 0.25) is 0 Å². The van der Waals surface area contributed by atoms with Crippen molar-refractivity contribution in [2.45, 2.75) is 58.4 Å². The van der Waals surface area contributed by atoms with E-state index < -0.39 is 0 Å². The fourth-order valence-corrected chi connectivity index (χ4v) is 2.46.